The van der Waals surface area contributed by atoms with Crippen LogP contribution in [0.3, 0.4) is 0 Å². The van der Waals surface area contributed by atoms with Crippen LogP contribution in [0.2, 0.25) is 0 Å². The van der Waals surface area contributed by atoms with Gasteiger partial charge in [-0.25, -0.2) is 0 Å². The maximum absolute atomic E-state index is 3.85. The van der Waals surface area contributed by atoms with E-state index in [4.69, 9.17) is 0 Å². The van der Waals surface area contributed by atoms with Gasteiger partial charge in [-0.1, -0.05) is 20.8 Å². The molecule has 2 rings (SSSR count). The maximum Gasteiger partial charge on any atom is 0.0209 e. The lowest BCUT2D eigenvalue weighted by Gasteiger charge is -2.39. The van der Waals surface area contributed by atoms with E-state index in [0.717, 1.165) is 12.0 Å². The summed E-state index contributed by atoms with van der Waals surface area (Å²) in [4.78, 5) is 2.58. The lowest BCUT2D eigenvalue weighted by molar-refractivity contribution is 0.235. The van der Waals surface area contributed by atoms with Crippen molar-refractivity contribution in [3.63, 3.8) is 0 Å². The summed E-state index contributed by atoms with van der Waals surface area (Å²) in [6.45, 7) is 12.2. The molecule has 2 aliphatic rings. The average Bonchev–Trinajstić information content (AvgIpc) is 2.75. The molecular weight excluding hydrogens is 228 g/mol. The van der Waals surface area contributed by atoms with Crippen LogP contribution in [0.1, 0.15) is 33.6 Å². The van der Waals surface area contributed by atoms with E-state index in [1.807, 2.05) is 0 Å². The summed E-state index contributed by atoms with van der Waals surface area (Å²) < 4.78 is 0. The summed E-state index contributed by atoms with van der Waals surface area (Å²) in [6, 6.07) is 0.719. The molecule has 2 atom stereocenters. The van der Waals surface area contributed by atoms with Crippen LogP contribution in [0, 0.1) is 11.3 Å². The summed E-state index contributed by atoms with van der Waals surface area (Å²) in [5, 5.41) is 3.85. The van der Waals surface area contributed by atoms with E-state index < -0.39 is 0 Å². The first kappa shape index (κ1) is 13.7. The Kier molecular flexibility index (Phi) is 4.79. The minimum atomic E-state index is 0.494. The second-order valence-electron chi connectivity index (χ2n) is 6.32. The first-order valence-corrected chi connectivity index (χ1v) is 8.31. The van der Waals surface area contributed by atoms with Crippen LogP contribution in [0.15, 0.2) is 0 Å². The molecule has 0 aromatic carbocycles. The smallest absolute Gasteiger partial charge is 0.0209 e. The molecule has 2 nitrogen and oxygen atoms in total. The maximum atomic E-state index is 3.85. The van der Waals surface area contributed by atoms with Crippen molar-refractivity contribution in [1.29, 1.82) is 0 Å². The first-order chi connectivity index (χ1) is 8.12. The van der Waals surface area contributed by atoms with E-state index in [0.29, 0.717) is 5.41 Å². The van der Waals surface area contributed by atoms with Crippen LogP contribution in [-0.2, 0) is 0 Å². The monoisotopic (exact) mass is 256 g/mol. The fourth-order valence-electron chi connectivity index (χ4n) is 2.95. The van der Waals surface area contributed by atoms with Gasteiger partial charge in [-0.05, 0) is 49.6 Å². The van der Waals surface area contributed by atoms with Crippen LogP contribution in [0.5, 0.6) is 0 Å². The number of likely N-dealkylation sites (tertiary alicyclic amines) is 1. The lowest BCUT2D eigenvalue weighted by Crippen LogP contribution is -2.48. The van der Waals surface area contributed by atoms with Gasteiger partial charge >= 0.3 is 0 Å². The Balaban J connectivity index is 1.74. The van der Waals surface area contributed by atoms with Gasteiger partial charge in [0.15, 0.2) is 0 Å². The summed E-state index contributed by atoms with van der Waals surface area (Å²) in [6.07, 6.45) is 2.75. The zero-order valence-electron chi connectivity index (χ0n) is 11.7. The van der Waals surface area contributed by atoms with Crippen molar-refractivity contribution in [3.8, 4) is 0 Å². The molecule has 0 aliphatic carbocycles. The molecule has 0 aromatic heterocycles. The van der Waals surface area contributed by atoms with Crippen LogP contribution in [0.4, 0.5) is 0 Å². The van der Waals surface area contributed by atoms with Crippen molar-refractivity contribution in [2.24, 2.45) is 11.3 Å². The van der Waals surface area contributed by atoms with Crippen LogP contribution >= 0.6 is 11.8 Å². The molecule has 0 spiro atoms. The van der Waals surface area contributed by atoms with Crippen molar-refractivity contribution in [2.75, 3.05) is 37.7 Å². The van der Waals surface area contributed by atoms with Crippen LogP contribution < -0.4 is 5.32 Å². The van der Waals surface area contributed by atoms with Gasteiger partial charge in [0, 0.05) is 18.3 Å². The zero-order chi connectivity index (χ0) is 12.3. The van der Waals surface area contributed by atoms with Gasteiger partial charge in [0.25, 0.3) is 0 Å². The minimum absolute atomic E-state index is 0.494. The number of hydrogen-bond acceptors (Lipinski definition) is 3. The molecule has 2 saturated heterocycles. The largest absolute Gasteiger partial charge is 0.312 e. The van der Waals surface area contributed by atoms with Crippen molar-refractivity contribution < 1.29 is 0 Å². The van der Waals surface area contributed by atoms with E-state index in [9.17, 15) is 0 Å². The summed E-state index contributed by atoms with van der Waals surface area (Å²) in [7, 11) is 0. The molecule has 17 heavy (non-hydrogen) atoms. The molecule has 1 N–H and O–H groups in total. The molecule has 2 heterocycles. The Morgan fingerprint density at radius 1 is 1.41 bits per heavy atom. The van der Waals surface area contributed by atoms with E-state index >= 15 is 0 Å². The lowest BCUT2D eigenvalue weighted by atomic mass is 9.82. The Morgan fingerprint density at radius 3 is 2.88 bits per heavy atom. The van der Waals surface area contributed by atoms with Gasteiger partial charge < -0.3 is 10.2 Å². The van der Waals surface area contributed by atoms with E-state index in [1.54, 1.807) is 0 Å². The van der Waals surface area contributed by atoms with E-state index in [1.165, 1.54) is 50.5 Å². The van der Waals surface area contributed by atoms with Gasteiger partial charge in [-0.3, -0.25) is 0 Å². The Morgan fingerprint density at radius 2 is 2.24 bits per heavy atom. The van der Waals surface area contributed by atoms with Gasteiger partial charge in [0.1, 0.15) is 0 Å². The highest BCUT2D eigenvalue weighted by Crippen LogP contribution is 2.34. The van der Waals surface area contributed by atoms with Gasteiger partial charge in [0.2, 0.25) is 0 Å². The Hall–Kier alpha value is 0.270. The van der Waals surface area contributed by atoms with Crippen molar-refractivity contribution in [3.05, 3.63) is 0 Å². The summed E-state index contributed by atoms with van der Waals surface area (Å²) >= 11 is 2.12. The quantitative estimate of drug-likeness (QED) is 0.832. The molecule has 0 aromatic rings. The average molecular weight is 256 g/mol. The predicted molar refractivity (Wildman–Crippen MR) is 77.7 cm³/mol. The molecule has 0 amide bonds. The number of thioether (sulfide) groups is 1. The van der Waals surface area contributed by atoms with Gasteiger partial charge in [0.05, 0.1) is 0 Å². The van der Waals surface area contributed by atoms with Gasteiger partial charge in [-0.15, -0.1) is 0 Å². The van der Waals surface area contributed by atoms with Crippen molar-refractivity contribution >= 4 is 11.8 Å². The minimum Gasteiger partial charge on any atom is -0.312 e. The third-order valence-electron chi connectivity index (χ3n) is 4.59. The summed E-state index contributed by atoms with van der Waals surface area (Å²) in [5.74, 6) is 3.53. The molecule has 0 radical (unpaired) electrons. The fourth-order valence-corrected chi connectivity index (χ4v) is 4.59. The third-order valence-corrected chi connectivity index (χ3v) is 5.65. The predicted octanol–water partition coefficient (Wildman–Crippen LogP) is 2.45. The third kappa shape index (κ3) is 3.62. The van der Waals surface area contributed by atoms with Crippen LogP contribution in [-0.4, -0.2) is 48.6 Å². The number of nitrogens with one attached hydrogen (secondary N) is 1. The molecule has 0 bridgehead atoms. The molecule has 3 heteroatoms. The molecular formula is C14H28N2S. The van der Waals surface area contributed by atoms with E-state index in [-0.39, 0.29) is 0 Å². The highest BCUT2D eigenvalue weighted by atomic mass is 32.2. The van der Waals surface area contributed by atoms with Crippen molar-refractivity contribution in [1.82, 2.24) is 10.2 Å². The molecule has 0 saturated carbocycles. The SMILES string of the molecule is CCN1CCC(CNC2CSCCC2(C)C)C1. The van der Waals surface area contributed by atoms with Crippen molar-refractivity contribution in [2.45, 2.75) is 39.7 Å². The van der Waals surface area contributed by atoms with E-state index in [2.05, 4.69) is 42.7 Å². The highest BCUT2D eigenvalue weighted by Gasteiger charge is 2.33. The Labute approximate surface area is 111 Å². The number of hydrogen-bond donors (Lipinski definition) is 1. The standard InChI is InChI=1S/C14H28N2S/c1-4-16-7-5-12(10-16)9-15-13-11-17-8-6-14(13,2)3/h12-13,15H,4-11H2,1-3H3. The first-order valence-electron chi connectivity index (χ1n) is 7.15. The topological polar surface area (TPSA) is 15.3 Å². The fraction of sp³-hybridized carbons (Fsp3) is 1.00. The second-order valence-corrected chi connectivity index (χ2v) is 7.47. The van der Waals surface area contributed by atoms with Gasteiger partial charge in [-0.2, -0.15) is 11.8 Å². The highest BCUT2D eigenvalue weighted by molar-refractivity contribution is 7.99. The molecule has 2 aliphatic heterocycles. The summed E-state index contributed by atoms with van der Waals surface area (Å²) in [5.41, 5.74) is 0.494. The molecule has 2 unspecified atom stereocenters. The zero-order valence-corrected chi connectivity index (χ0v) is 12.5. The second kappa shape index (κ2) is 5.94. The molecule has 100 valence electrons. The number of rotatable bonds is 4. The molecule has 2 fully saturated rings. The Bertz CT molecular complexity index is 242. The number of nitrogens with zero attached hydrogens (tertiary/aromatic N) is 1. The van der Waals surface area contributed by atoms with Crippen LogP contribution in [0.25, 0.3) is 0 Å². The normalized spacial score (nSPS) is 34.1.